The third-order valence-electron chi connectivity index (χ3n) is 9.03. The quantitative estimate of drug-likeness (QED) is 0.0889. The van der Waals surface area contributed by atoms with Crippen molar-refractivity contribution in [3.8, 4) is 0 Å². The molecular formula is C41H50F3NO5. The highest BCUT2D eigenvalue weighted by atomic mass is 19.4. The fourth-order valence-corrected chi connectivity index (χ4v) is 6.03. The zero-order valence-corrected chi connectivity index (χ0v) is 29.4. The van der Waals surface area contributed by atoms with Gasteiger partial charge in [-0.1, -0.05) is 132 Å². The van der Waals surface area contributed by atoms with Crippen LogP contribution in [0.3, 0.4) is 0 Å². The fourth-order valence-electron chi connectivity index (χ4n) is 6.03. The Hall–Kier alpha value is -4.27. The first-order valence-corrected chi connectivity index (χ1v) is 17.7. The first-order chi connectivity index (χ1) is 23.9. The zero-order chi connectivity index (χ0) is 36.5. The number of ether oxygens (including phenoxy) is 1. The number of benzene rings is 3. The van der Waals surface area contributed by atoms with E-state index in [4.69, 9.17) is 4.74 Å². The Kier molecular flexibility index (Phi) is 16.4. The second-order valence-corrected chi connectivity index (χ2v) is 13.2. The SMILES string of the molecule is CCCCCCCCCC(C)C(=O)NC(Cc1ccccc1)C(=O)C[C@@H](Cc1ccccc1)C(=O)COC(=O)c1c(C)cccc1C(F)(F)F. The summed E-state index contributed by atoms with van der Waals surface area (Å²) in [4.78, 5) is 53.8. The van der Waals surface area contributed by atoms with E-state index in [-0.39, 0.29) is 42.4 Å². The van der Waals surface area contributed by atoms with Crippen LogP contribution in [-0.2, 0) is 38.1 Å². The van der Waals surface area contributed by atoms with Crippen molar-refractivity contribution in [2.45, 2.75) is 104 Å². The summed E-state index contributed by atoms with van der Waals surface area (Å²) in [5, 5.41) is 2.95. The maximum absolute atomic E-state index is 14.0. The van der Waals surface area contributed by atoms with Gasteiger partial charge in [0, 0.05) is 18.3 Å². The van der Waals surface area contributed by atoms with E-state index in [9.17, 15) is 32.3 Å². The summed E-state index contributed by atoms with van der Waals surface area (Å²) in [6.45, 7) is 4.59. The van der Waals surface area contributed by atoms with Gasteiger partial charge >= 0.3 is 12.1 Å². The van der Waals surface area contributed by atoms with Gasteiger partial charge in [-0.05, 0) is 48.9 Å². The van der Waals surface area contributed by atoms with Crippen LogP contribution in [0.4, 0.5) is 13.2 Å². The minimum absolute atomic E-state index is 0.0639. The first kappa shape index (κ1) is 40.2. The van der Waals surface area contributed by atoms with Crippen molar-refractivity contribution in [3.05, 3.63) is 107 Å². The van der Waals surface area contributed by atoms with E-state index in [1.54, 1.807) is 24.3 Å². The van der Waals surface area contributed by atoms with Crippen molar-refractivity contribution < 1.29 is 37.1 Å². The van der Waals surface area contributed by atoms with E-state index in [0.29, 0.717) is 6.42 Å². The average molecular weight is 694 g/mol. The van der Waals surface area contributed by atoms with Crippen LogP contribution in [0.2, 0.25) is 0 Å². The third-order valence-corrected chi connectivity index (χ3v) is 9.03. The molecule has 3 rings (SSSR count). The van der Waals surface area contributed by atoms with Crippen molar-refractivity contribution in [2.24, 2.45) is 11.8 Å². The van der Waals surface area contributed by atoms with E-state index in [0.717, 1.165) is 36.5 Å². The summed E-state index contributed by atoms with van der Waals surface area (Å²) in [7, 11) is 0. The van der Waals surface area contributed by atoms with Crippen molar-refractivity contribution in [3.63, 3.8) is 0 Å². The van der Waals surface area contributed by atoms with E-state index in [1.165, 1.54) is 44.7 Å². The topological polar surface area (TPSA) is 89.5 Å². The maximum atomic E-state index is 14.0. The molecule has 1 amide bonds. The number of carbonyl (C=O) groups excluding carboxylic acids is 4. The summed E-state index contributed by atoms with van der Waals surface area (Å²) >= 11 is 0. The Morgan fingerprint density at radius 3 is 1.92 bits per heavy atom. The summed E-state index contributed by atoms with van der Waals surface area (Å²) < 4.78 is 46.1. The van der Waals surface area contributed by atoms with Crippen LogP contribution < -0.4 is 5.32 Å². The number of aryl methyl sites for hydroxylation is 1. The summed E-state index contributed by atoms with van der Waals surface area (Å²) in [5.74, 6) is -3.71. The van der Waals surface area contributed by atoms with Gasteiger partial charge in [0.2, 0.25) is 5.91 Å². The standard InChI is InChI=1S/C41H50F3NO5/c1-4-5-6-7-8-9-12-18-30(3)39(48)45-35(26-32-22-15-11-16-23-32)36(46)27-33(25-31-20-13-10-14-21-31)37(47)28-50-40(49)38-29(2)19-17-24-34(38)41(42,43)44/h10-11,13-17,19-24,30,33,35H,4-9,12,18,25-28H2,1-3H3,(H,45,48)/t30?,33-,35?/m1/s1. The summed E-state index contributed by atoms with van der Waals surface area (Å²) in [6, 6.07) is 20.7. The Balaban J connectivity index is 1.75. The average Bonchev–Trinajstić information content (AvgIpc) is 3.09. The highest BCUT2D eigenvalue weighted by Gasteiger charge is 2.37. The molecule has 2 unspecified atom stereocenters. The molecule has 1 N–H and O–H groups in total. The number of unbranched alkanes of at least 4 members (excludes halogenated alkanes) is 6. The number of carbonyl (C=O) groups is 4. The van der Waals surface area contributed by atoms with Crippen LogP contribution >= 0.6 is 0 Å². The third kappa shape index (κ3) is 13.2. The molecule has 9 heteroatoms. The lowest BCUT2D eigenvalue weighted by molar-refractivity contribution is -0.138. The molecule has 0 aliphatic heterocycles. The van der Waals surface area contributed by atoms with Crippen molar-refractivity contribution in [1.29, 1.82) is 0 Å². The molecule has 270 valence electrons. The number of hydrogen-bond donors (Lipinski definition) is 1. The number of Topliss-reactive ketones (excluding diaryl/α,β-unsaturated/α-hetero) is 2. The van der Waals surface area contributed by atoms with Crippen molar-refractivity contribution >= 4 is 23.4 Å². The molecular weight excluding hydrogens is 643 g/mol. The number of amides is 1. The van der Waals surface area contributed by atoms with E-state index in [1.807, 2.05) is 43.3 Å². The minimum Gasteiger partial charge on any atom is -0.454 e. The van der Waals surface area contributed by atoms with Gasteiger partial charge in [-0.25, -0.2) is 4.79 Å². The molecule has 0 aliphatic rings. The molecule has 6 nitrogen and oxygen atoms in total. The zero-order valence-electron chi connectivity index (χ0n) is 29.4. The normalized spacial score (nSPS) is 13.2. The monoisotopic (exact) mass is 693 g/mol. The largest absolute Gasteiger partial charge is 0.454 e. The second kappa shape index (κ2) is 20.4. The number of esters is 1. The molecule has 0 aromatic heterocycles. The predicted molar refractivity (Wildman–Crippen MR) is 189 cm³/mol. The molecule has 0 heterocycles. The molecule has 3 atom stereocenters. The van der Waals surface area contributed by atoms with E-state index >= 15 is 0 Å². The fraction of sp³-hybridized carbons (Fsp3) is 0.463. The maximum Gasteiger partial charge on any atom is 0.417 e. The molecule has 0 bridgehead atoms. The molecule has 50 heavy (non-hydrogen) atoms. The number of alkyl halides is 3. The van der Waals surface area contributed by atoms with Crippen molar-refractivity contribution in [2.75, 3.05) is 6.61 Å². The Bertz CT molecular complexity index is 1520. The van der Waals surface area contributed by atoms with Crippen LogP contribution in [-0.4, -0.2) is 36.1 Å². The van der Waals surface area contributed by atoms with Gasteiger partial charge in [-0.15, -0.1) is 0 Å². The molecule has 3 aromatic rings. The van der Waals surface area contributed by atoms with Crippen LogP contribution in [0.5, 0.6) is 0 Å². The van der Waals surface area contributed by atoms with Gasteiger partial charge in [0.05, 0.1) is 17.2 Å². The lowest BCUT2D eigenvalue weighted by atomic mass is 9.87. The smallest absolute Gasteiger partial charge is 0.417 e. The highest BCUT2D eigenvalue weighted by Crippen LogP contribution is 2.33. The predicted octanol–water partition coefficient (Wildman–Crippen LogP) is 9.06. The highest BCUT2D eigenvalue weighted by molar-refractivity contribution is 5.97. The molecule has 0 aliphatic carbocycles. The molecule has 3 aromatic carbocycles. The molecule has 0 saturated heterocycles. The number of rotatable bonds is 21. The van der Waals surface area contributed by atoms with Gasteiger partial charge in [-0.2, -0.15) is 13.2 Å². The van der Waals surface area contributed by atoms with Crippen LogP contribution in [0.15, 0.2) is 78.9 Å². The van der Waals surface area contributed by atoms with Crippen LogP contribution in [0.1, 0.15) is 104 Å². The Morgan fingerprint density at radius 2 is 1.32 bits per heavy atom. The summed E-state index contributed by atoms with van der Waals surface area (Å²) in [5.41, 5.74) is -0.139. The van der Waals surface area contributed by atoms with Gasteiger partial charge in [0.1, 0.15) is 0 Å². The van der Waals surface area contributed by atoms with Crippen LogP contribution in [0, 0.1) is 18.8 Å². The van der Waals surface area contributed by atoms with Gasteiger partial charge in [0.15, 0.2) is 18.2 Å². The molecule has 0 radical (unpaired) electrons. The molecule has 0 fully saturated rings. The number of hydrogen-bond acceptors (Lipinski definition) is 5. The lowest BCUT2D eigenvalue weighted by Gasteiger charge is -2.23. The summed E-state index contributed by atoms with van der Waals surface area (Å²) in [6.07, 6.45) is 3.93. The van der Waals surface area contributed by atoms with E-state index < -0.39 is 47.6 Å². The van der Waals surface area contributed by atoms with Gasteiger partial charge in [0.25, 0.3) is 0 Å². The van der Waals surface area contributed by atoms with Gasteiger partial charge in [-0.3, -0.25) is 14.4 Å². The first-order valence-electron chi connectivity index (χ1n) is 17.7. The second-order valence-electron chi connectivity index (χ2n) is 13.2. The van der Waals surface area contributed by atoms with Crippen molar-refractivity contribution in [1.82, 2.24) is 5.32 Å². The number of halogens is 3. The Labute approximate surface area is 294 Å². The number of ketones is 2. The van der Waals surface area contributed by atoms with Crippen LogP contribution in [0.25, 0.3) is 0 Å². The minimum atomic E-state index is -4.80. The number of nitrogens with one attached hydrogen (secondary N) is 1. The molecule has 0 saturated carbocycles. The molecule has 0 spiro atoms. The van der Waals surface area contributed by atoms with E-state index in [2.05, 4.69) is 12.2 Å². The lowest BCUT2D eigenvalue weighted by Crippen LogP contribution is -2.45. The Morgan fingerprint density at radius 1 is 0.740 bits per heavy atom. The van der Waals surface area contributed by atoms with Gasteiger partial charge < -0.3 is 10.1 Å².